The van der Waals surface area contributed by atoms with E-state index in [-0.39, 0.29) is 10.7 Å². The number of nitrogens with zero attached hydrogens (tertiary/aromatic N) is 1. The van der Waals surface area contributed by atoms with Gasteiger partial charge in [0.1, 0.15) is 4.91 Å². The first kappa shape index (κ1) is 24.9. The molecule has 1 atom stereocenters. The van der Waals surface area contributed by atoms with Crippen molar-refractivity contribution >= 4 is 50.7 Å². The third-order valence-electron chi connectivity index (χ3n) is 5.50. The van der Waals surface area contributed by atoms with Crippen LogP contribution in [0.3, 0.4) is 0 Å². The first-order valence-corrected chi connectivity index (χ1v) is 12.6. The lowest BCUT2D eigenvalue weighted by Crippen LogP contribution is -2.29. The molecule has 1 aliphatic rings. The highest BCUT2D eigenvalue weighted by Gasteiger charge is 2.50. The monoisotopic (exact) mass is 533 g/mol. The molecule has 1 amide bonds. The van der Waals surface area contributed by atoms with E-state index in [1.165, 1.54) is 39.5 Å². The second-order valence-electron chi connectivity index (χ2n) is 7.55. The number of amides is 1. The Hall–Kier alpha value is -3.20. The maximum atomic E-state index is 13.8. The van der Waals surface area contributed by atoms with Crippen molar-refractivity contribution in [1.82, 2.24) is 0 Å². The highest BCUT2D eigenvalue weighted by Crippen LogP contribution is 2.47. The number of hydrogen-bond acceptors (Lipinski definition) is 6. The molecule has 0 N–H and O–H groups in total. The molecule has 1 unspecified atom stereocenters. The summed E-state index contributed by atoms with van der Waals surface area (Å²) in [7, 11) is 0.161. The molecule has 35 heavy (non-hydrogen) atoms. The van der Waals surface area contributed by atoms with E-state index in [1.54, 1.807) is 48.5 Å². The molecule has 0 aromatic heterocycles. The molecule has 3 aromatic rings. The fraction of sp³-hybridized carbons (Fsp3) is 0.160. The van der Waals surface area contributed by atoms with Crippen LogP contribution in [0.25, 0.3) is 6.08 Å². The number of rotatable bonds is 6. The third kappa shape index (κ3) is 4.45. The summed E-state index contributed by atoms with van der Waals surface area (Å²) in [6, 6.07) is 16.1. The number of carbonyl (C=O) groups is 1. The van der Waals surface area contributed by atoms with Crippen LogP contribution in [0.4, 0.5) is 5.69 Å². The molecule has 1 fully saturated rings. The van der Waals surface area contributed by atoms with Crippen LogP contribution < -0.4 is 19.1 Å². The summed E-state index contributed by atoms with van der Waals surface area (Å²) in [6.45, 7) is 0. The predicted molar refractivity (Wildman–Crippen MR) is 136 cm³/mol. The molecule has 0 saturated carbocycles. The summed E-state index contributed by atoms with van der Waals surface area (Å²) in [5.41, 5.74) is 0.970. The van der Waals surface area contributed by atoms with Crippen LogP contribution in [-0.4, -0.2) is 35.7 Å². The number of sulfone groups is 1. The van der Waals surface area contributed by atoms with Gasteiger partial charge in [-0.1, -0.05) is 53.5 Å². The molecule has 4 rings (SSSR count). The topological polar surface area (TPSA) is 82.1 Å². The molecule has 1 heterocycles. The van der Waals surface area contributed by atoms with Gasteiger partial charge in [-0.05, 0) is 47.5 Å². The van der Waals surface area contributed by atoms with Gasteiger partial charge in [-0.2, -0.15) is 0 Å². The number of halogens is 2. The van der Waals surface area contributed by atoms with E-state index >= 15 is 0 Å². The average Bonchev–Trinajstić information content (AvgIpc) is 3.05. The van der Waals surface area contributed by atoms with E-state index in [4.69, 9.17) is 37.4 Å². The maximum absolute atomic E-state index is 13.8. The molecule has 0 bridgehead atoms. The number of hydrogen-bond donors (Lipinski definition) is 0. The minimum atomic E-state index is -4.19. The first-order valence-electron chi connectivity index (χ1n) is 10.3. The van der Waals surface area contributed by atoms with E-state index in [0.717, 1.165) is 4.90 Å². The number of carbonyl (C=O) groups excluding carboxylic acids is 1. The molecule has 10 heteroatoms. The standard InChI is InChI=1S/C25H21Cl2NO6S/c1-32-20-11-15(12-21(33-2)23(20)34-3)13-22-24(29)28(19-14-17(26)9-10-18(19)27)25(35(22,30)31)16-7-5-4-6-8-16/h4-14,25H,1-3H3/b22-13-. The van der Waals surface area contributed by atoms with Gasteiger partial charge in [-0.15, -0.1) is 0 Å². The number of benzene rings is 3. The molecule has 7 nitrogen and oxygen atoms in total. The zero-order valence-electron chi connectivity index (χ0n) is 19.0. The van der Waals surface area contributed by atoms with Crippen LogP contribution in [0.5, 0.6) is 17.2 Å². The fourth-order valence-corrected chi connectivity index (χ4v) is 6.20. The number of anilines is 1. The van der Waals surface area contributed by atoms with Crippen molar-refractivity contribution in [3.8, 4) is 17.2 Å². The van der Waals surface area contributed by atoms with Crippen molar-refractivity contribution < 1.29 is 27.4 Å². The highest BCUT2D eigenvalue weighted by molar-refractivity contribution is 7.97. The molecule has 3 aromatic carbocycles. The van der Waals surface area contributed by atoms with Gasteiger partial charge in [0.15, 0.2) is 16.9 Å². The summed E-state index contributed by atoms with van der Waals surface area (Å²) in [5, 5.41) is -0.836. The molecular weight excluding hydrogens is 513 g/mol. The quantitative estimate of drug-likeness (QED) is 0.388. The predicted octanol–water partition coefficient (Wildman–Crippen LogP) is 5.52. The van der Waals surface area contributed by atoms with E-state index in [1.807, 2.05) is 0 Å². The molecule has 0 radical (unpaired) electrons. The highest BCUT2D eigenvalue weighted by atomic mass is 35.5. The zero-order chi connectivity index (χ0) is 25.3. The first-order chi connectivity index (χ1) is 16.7. The smallest absolute Gasteiger partial charge is 0.271 e. The Morgan fingerprint density at radius 3 is 2.09 bits per heavy atom. The van der Waals surface area contributed by atoms with Crippen LogP contribution in [0.2, 0.25) is 10.0 Å². The van der Waals surface area contributed by atoms with Crippen molar-refractivity contribution in [1.29, 1.82) is 0 Å². The van der Waals surface area contributed by atoms with Crippen LogP contribution in [0.1, 0.15) is 16.5 Å². The fourth-order valence-electron chi connectivity index (χ4n) is 3.94. The molecule has 0 aliphatic carbocycles. The lowest BCUT2D eigenvalue weighted by Gasteiger charge is -2.24. The SMILES string of the molecule is COc1cc(/C=C2/C(=O)N(c3cc(Cl)ccc3Cl)C(c3ccccc3)S2(=O)=O)cc(OC)c1OC. The van der Waals surface area contributed by atoms with Gasteiger partial charge in [0.25, 0.3) is 5.91 Å². The van der Waals surface area contributed by atoms with Gasteiger partial charge in [-0.25, -0.2) is 8.42 Å². The molecule has 1 aliphatic heterocycles. The normalized spacial score (nSPS) is 18.1. The Kier molecular flexibility index (Phi) is 6.98. The summed E-state index contributed by atoms with van der Waals surface area (Å²) in [6.07, 6.45) is 1.29. The minimum Gasteiger partial charge on any atom is -0.493 e. The third-order valence-corrected chi connectivity index (χ3v) is 8.03. The molecule has 0 spiro atoms. The Morgan fingerprint density at radius 1 is 0.886 bits per heavy atom. The Balaban J connectivity index is 1.95. The van der Waals surface area contributed by atoms with Crippen LogP contribution in [-0.2, 0) is 14.6 Å². The van der Waals surface area contributed by atoms with E-state index in [0.29, 0.717) is 33.4 Å². The van der Waals surface area contributed by atoms with Crippen molar-refractivity contribution in [3.05, 3.63) is 86.7 Å². The second-order valence-corrected chi connectivity index (χ2v) is 10.4. The summed E-state index contributed by atoms with van der Waals surface area (Å²) >= 11 is 12.6. The van der Waals surface area contributed by atoms with Crippen molar-refractivity contribution in [3.63, 3.8) is 0 Å². The van der Waals surface area contributed by atoms with Crippen molar-refractivity contribution in [2.45, 2.75) is 5.37 Å². The van der Waals surface area contributed by atoms with Gasteiger partial charge in [0, 0.05) is 5.02 Å². The maximum Gasteiger partial charge on any atom is 0.271 e. The summed E-state index contributed by atoms with van der Waals surface area (Å²) in [5.74, 6) is 0.232. The van der Waals surface area contributed by atoms with Crippen LogP contribution >= 0.6 is 23.2 Å². The summed E-state index contributed by atoms with van der Waals surface area (Å²) in [4.78, 5) is 14.4. The van der Waals surface area contributed by atoms with E-state index in [9.17, 15) is 13.2 Å². The lowest BCUT2D eigenvalue weighted by atomic mass is 10.1. The van der Waals surface area contributed by atoms with Crippen LogP contribution in [0.15, 0.2) is 65.6 Å². The van der Waals surface area contributed by atoms with Crippen molar-refractivity contribution in [2.24, 2.45) is 0 Å². The molecular formula is C25H21Cl2NO6S. The summed E-state index contributed by atoms with van der Waals surface area (Å²) < 4.78 is 43.7. The second kappa shape index (κ2) is 9.81. The zero-order valence-corrected chi connectivity index (χ0v) is 21.3. The van der Waals surface area contributed by atoms with Crippen LogP contribution in [0, 0.1) is 0 Å². The van der Waals surface area contributed by atoms with Gasteiger partial charge in [0.05, 0.1) is 32.0 Å². The van der Waals surface area contributed by atoms with Gasteiger partial charge in [0.2, 0.25) is 15.6 Å². The van der Waals surface area contributed by atoms with E-state index < -0.39 is 26.0 Å². The number of methoxy groups -OCH3 is 3. The van der Waals surface area contributed by atoms with Gasteiger partial charge < -0.3 is 14.2 Å². The van der Waals surface area contributed by atoms with Crippen molar-refractivity contribution in [2.75, 3.05) is 26.2 Å². The Morgan fingerprint density at radius 2 is 1.51 bits per heavy atom. The molecule has 1 saturated heterocycles. The Labute approximate surface area is 213 Å². The number of ether oxygens (including phenoxy) is 3. The minimum absolute atomic E-state index is 0.188. The average molecular weight is 534 g/mol. The Bertz CT molecular complexity index is 1400. The molecule has 182 valence electrons. The largest absolute Gasteiger partial charge is 0.493 e. The lowest BCUT2D eigenvalue weighted by molar-refractivity contribution is -0.114. The van der Waals surface area contributed by atoms with Gasteiger partial charge >= 0.3 is 0 Å². The van der Waals surface area contributed by atoms with Gasteiger partial charge in [-0.3, -0.25) is 9.69 Å². The van der Waals surface area contributed by atoms with E-state index in [2.05, 4.69) is 0 Å².